The maximum absolute atomic E-state index is 15.0. The molecule has 0 saturated carbocycles. The molecule has 2 heterocycles. The quantitative estimate of drug-likeness (QED) is 0.652. The maximum Gasteiger partial charge on any atom is 0.268 e. The fourth-order valence-corrected chi connectivity index (χ4v) is 4.12. The molecular weight excluding hydrogens is 376 g/mol. The number of nitrogens with one attached hydrogen (secondary N) is 1. The van der Waals surface area contributed by atoms with Gasteiger partial charge in [-0.05, 0) is 31.3 Å². The SMILES string of the molecule is CNCc1cn(S(=O)(=O)c2cccc(OC)c2)c(-c2cccnc2F)c1F. The number of hydrogen-bond donors (Lipinski definition) is 1. The molecule has 0 radical (unpaired) electrons. The Hall–Kier alpha value is -2.78. The highest BCUT2D eigenvalue weighted by Crippen LogP contribution is 2.32. The Morgan fingerprint density at radius 2 is 2.00 bits per heavy atom. The first-order chi connectivity index (χ1) is 12.9. The van der Waals surface area contributed by atoms with Crippen LogP contribution in [0.3, 0.4) is 0 Å². The molecule has 0 spiro atoms. The van der Waals surface area contributed by atoms with Crippen molar-refractivity contribution in [2.45, 2.75) is 11.4 Å². The highest BCUT2D eigenvalue weighted by molar-refractivity contribution is 7.90. The van der Waals surface area contributed by atoms with Crippen molar-refractivity contribution in [1.82, 2.24) is 14.3 Å². The molecule has 0 bridgehead atoms. The van der Waals surface area contributed by atoms with Crippen molar-refractivity contribution in [3.05, 3.63) is 66.1 Å². The Labute approximate surface area is 155 Å². The van der Waals surface area contributed by atoms with Gasteiger partial charge in [0.1, 0.15) is 11.4 Å². The van der Waals surface area contributed by atoms with Gasteiger partial charge in [-0.2, -0.15) is 4.39 Å². The second kappa shape index (κ2) is 7.45. The minimum Gasteiger partial charge on any atom is -0.497 e. The van der Waals surface area contributed by atoms with Crippen LogP contribution >= 0.6 is 0 Å². The van der Waals surface area contributed by atoms with Gasteiger partial charge < -0.3 is 10.1 Å². The number of ether oxygens (including phenoxy) is 1. The van der Waals surface area contributed by atoms with Crippen LogP contribution in [0.5, 0.6) is 5.75 Å². The molecule has 1 aromatic carbocycles. The predicted molar refractivity (Wildman–Crippen MR) is 95.9 cm³/mol. The summed E-state index contributed by atoms with van der Waals surface area (Å²) in [5.41, 5.74) is -0.570. The first kappa shape index (κ1) is 19.0. The van der Waals surface area contributed by atoms with Crippen LogP contribution in [-0.2, 0) is 16.6 Å². The Balaban J connectivity index is 2.28. The Bertz CT molecular complexity index is 1080. The molecule has 0 fully saturated rings. The van der Waals surface area contributed by atoms with Gasteiger partial charge >= 0.3 is 0 Å². The van der Waals surface area contributed by atoms with E-state index in [9.17, 15) is 17.2 Å². The minimum absolute atomic E-state index is 0.0708. The van der Waals surface area contributed by atoms with E-state index in [0.717, 1.165) is 10.2 Å². The van der Waals surface area contributed by atoms with E-state index in [-0.39, 0.29) is 22.6 Å². The summed E-state index contributed by atoms with van der Waals surface area (Å²) in [5, 5.41) is 2.76. The van der Waals surface area contributed by atoms with Crippen LogP contribution in [0, 0.1) is 11.8 Å². The fourth-order valence-electron chi connectivity index (χ4n) is 2.69. The molecule has 0 saturated heterocycles. The molecule has 9 heteroatoms. The van der Waals surface area contributed by atoms with Crippen molar-refractivity contribution < 1.29 is 21.9 Å². The number of rotatable bonds is 6. The Kier molecular flexibility index (Phi) is 5.24. The second-order valence-corrected chi connectivity index (χ2v) is 7.48. The van der Waals surface area contributed by atoms with E-state index in [1.54, 1.807) is 13.1 Å². The van der Waals surface area contributed by atoms with Gasteiger partial charge in [0.15, 0.2) is 5.82 Å². The standard InChI is InChI=1S/C18H17F2N3O3S/c1-21-10-12-11-23(17(16(12)19)15-7-4-8-22-18(15)20)27(24,25)14-6-3-5-13(9-14)26-2/h3-9,11,21H,10H2,1-2H3. The number of benzene rings is 1. The normalized spacial score (nSPS) is 11.6. The van der Waals surface area contributed by atoms with Crippen molar-refractivity contribution >= 4 is 10.0 Å². The molecule has 0 amide bonds. The topological polar surface area (TPSA) is 73.2 Å². The van der Waals surface area contributed by atoms with E-state index in [1.807, 2.05) is 0 Å². The zero-order valence-corrected chi connectivity index (χ0v) is 15.4. The minimum atomic E-state index is -4.21. The smallest absolute Gasteiger partial charge is 0.268 e. The summed E-state index contributed by atoms with van der Waals surface area (Å²) in [6, 6.07) is 8.45. The van der Waals surface area contributed by atoms with E-state index in [1.165, 1.54) is 43.6 Å². The van der Waals surface area contributed by atoms with Crippen LogP contribution in [0.15, 0.2) is 53.7 Å². The summed E-state index contributed by atoms with van der Waals surface area (Å²) in [7, 11) is -1.21. The van der Waals surface area contributed by atoms with Gasteiger partial charge in [-0.15, -0.1) is 0 Å². The van der Waals surface area contributed by atoms with Crippen LogP contribution in [0.1, 0.15) is 5.56 Å². The lowest BCUT2D eigenvalue weighted by molar-refractivity contribution is 0.413. The fraction of sp³-hybridized carbons (Fsp3) is 0.167. The van der Waals surface area contributed by atoms with Crippen LogP contribution in [-0.4, -0.2) is 31.5 Å². The highest BCUT2D eigenvalue weighted by atomic mass is 32.2. The molecule has 0 unspecified atom stereocenters. The molecule has 0 atom stereocenters. The number of halogens is 2. The maximum atomic E-state index is 15.0. The molecule has 0 aliphatic heterocycles. The third-order valence-corrected chi connectivity index (χ3v) is 5.62. The zero-order chi connectivity index (χ0) is 19.6. The van der Waals surface area contributed by atoms with Crippen molar-refractivity contribution in [2.75, 3.05) is 14.2 Å². The van der Waals surface area contributed by atoms with Crippen LogP contribution in [0.2, 0.25) is 0 Å². The van der Waals surface area contributed by atoms with E-state index >= 15 is 0 Å². The van der Waals surface area contributed by atoms with Gasteiger partial charge in [-0.3, -0.25) is 0 Å². The summed E-state index contributed by atoms with van der Waals surface area (Å²) in [5.74, 6) is -1.47. The molecule has 6 nitrogen and oxygen atoms in total. The van der Waals surface area contributed by atoms with Crippen molar-refractivity contribution in [2.24, 2.45) is 0 Å². The zero-order valence-electron chi connectivity index (χ0n) is 14.6. The molecule has 2 aromatic heterocycles. The lowest BCUT2D eigenvalue weighted by atomic mass is 10.2. The van der Waals surface area contributed by atoms with Crippen LogP contribution < -0.4 is 10.1 Å². The molecule has 3 rings (SSSR count). The second-order valence-electron chi connectivity index (χ2n) is 5.67. The highest BCUT2D eigenvalue weighted by Gasteiger charge is 2.28. The third-order valence-electron chi connectivity index (χ3n) is 3.96. The van der Waals surface area contributed by atoms with E-state index in [4.69, 9.17) is 4.74 Å². The Morgan fingerprint density at radius 1 is 1.22 bits per heavy atom. The summed E-state index contributed by atoms with van der Waals surface area (Å²) in [6.45, 7) is 0.0708. The summed E-state index contributed by atoms with van der Waals surface area (Å²) in [4.78, 5) is 3.39. The van der Waals surface area contributed by atoms with Gasteiger partial charge in [0.25, 0.3) is 10.0 Å². The van der Waals surface area contributed by atoms with Gasteiger partial charge in [0.05, 0.1) is 17.6 Å². The van der Waals surface area contributed by atoms with Gasteiger partial charge in [0.2, 0.25) is 5.95 Å². The predicted octanol–water partition coefficient (Wildman–Crippen LogP) is 2.79. The van der Waals surface area contributed by atoms with Crippen LogP contribution in [0.25, 0.3) is 11.3 Å². The van der Waals surface area contributed by atoms with Gasteiger partial charge in [-0.25, -0.2) is 21.8 Å². The summed E-state index contributed by atoms with van der Waals surface area (Å²) in [6.07, 6.45) is 2.34. The molecule has 142 valence electrons. The molecule has 1 N–H and O–H groups in total. The van der Waals surface area contributed by atoms with E-state index in [2.05, 4.69) is 10.3 Å². The van der Waals surface area contributed by atoms with Gasteiger partial charge in [0, 0.05) is 30.6 Å². The third kappa shape index (κ3) is 3.43. The molecule has 27 heavy (non-hydrogen) atoms. The van der Waals surface area contributed by atoms with Crippen molar-refractivity contribution in [1.29, 1.82) is 0 Å². The molecule has 3 aromatic rings. The van der Waals surface area contributed by atoms with E-state index < -0.39 is 27.5 Å². The van der Waals surface area contributed by atoms with Crippen molar-refractivity contribution in [3.8, 4) is 17.0 Å². The largest absolute Gasteiger partial charge is 0.497 e. The summed E-state index contributed by atoms with van der Waals surface area (Å²) >= 11 is 0. The van der Waals surface area contributed by atoms with Crippen LogP contribution in [0.4, 0.5) is 8.78 Å². The van der Waals surface area contributed by atoms with E-state index in [0.29, 0.717) is 5.75 Å². The first-order valence-corrected chi connectivity index (χ1v) is 9.39. The average Bonchev–Trinajstić information content (AvgIpc) is 3.00. The number of methoxy groups -OCH3 is 1. The number of aromatic nitrogens is 2. The molecule has 0 aliphatic carbocycles. The first-order valence-electron chi connectivity index (χ1n) is 7.95. The Morgan fingerprint density at radius 3 is 2.67 bits per heavy atom. The molecule has 0 aliphatic rings. The number of hydrogen-bond acceptors (Lipinski definition) is 5. The number of nitrogens with zero attached hydrogens (tertiary/aromatic N) is 2. The lowest BCUT2D eigenvalue weighted by Gasteiger charge is -2.12. The lowest BCUT2D eigenvalue weighted by Crippen LogP contribution is -2.14. The summed E-state index contributed by atoms with van der Waals surface area (Å²) < 4.78 is 61.3. The molecular formula is C18H17F2N3O3S. The monoisotopic (exact) mass is 393 g/mol. The number of pyridine rings is 1. The average molecular weight is 393 g/mol. The van der Waals surface area contributed by atoms with Gasteiger partial charge in [-0.1, -0.05) is 6.07 Å². The van der Waals surface area contributed by atoms with Crippen molar-refractivity contribution in [3.63, 3.8) is 0 Å².